The number of nitriles is 1. The van der Waals surface area contributed by atoms with Crippen LogP contribution in [0.5, 0.6) is 11.5 Å². The number of anilines is 1. The quantitative estimate of drug-likeness (QED) is 0.622. The van der Waals surface area contributed by atoms with Crippen LogP contribution in [0, 0.1) is 16.5 Å². The molecule has 0 bridgehead atoms. The number of thioether (sulfide) groups is 1. The van der Waals surface area contributed by atoms with Crippen LogP contribution in [0.3, 0.4) is 0 Å². The molecule has 0 heterocycles. The fourth-order valence-electron chi connectivity index (χ4n) is 1.89. The number of halogens is 1. The summed E-state index contributed by atoms with van der Waals surface area (Å²) in [5, 5.41) is 10.4. The summed E-state index contributed by atoms with van der Waals surface area (Å²) in [6.07, 6.45) is 0. The second-order valence-corrected chi connectivity index (χ2v) is 6.97. The van der Waals surface area contributed by atoms with Gasteiger partial charge in [-0.05, 0) is 42.1 Å². The first-order valence-corrected chi connectivity index (χ1v) is 8.81. The molecular weight excluding hydrogens is 355 g/mol. The van der Waals surface area contributed by atoms with Crippen LogP contribution in [-0.4, -0.2) is 22.6 Å². The van der Waals surface area contributed by atoms with Gasteiger partial charge in [-0.3, -0.25) is 4.72 Å². The summed E-state index contributed by atoms with van der Waals surface area (Å²) < 4.78 is 51.3. The van der Waals surface area contributed by atoms with Gasteiger partial charge in [0.25, 0.3) is 10.0 Å². The molecule has 0 aliphatic rings. The summed E-state index contributed by atoms with van der Waals surface area (Å²) in [5.74, 6) is -0.376. The number of methoxy groups -OCH3 is 2. The Morgan fingerprint density at radius 2 is 1.92 bits per heavy atom. The Kier molecular flexibility index (Phi) is 5.54. The van der Waals surface area contributed by atoms with E-state index in [0.29, 0.717) is 10.6 Å². The lowest BCUT2D eigenvalue weighted by atomic mass is 10.3. The van der Waals surface area contributed by atoms with Crippen molar-refractivity contribution in [3.05, 3.63) is 42.2 Å². The van der Waals surface area contributed by atoms with Gasteiger partial charge in [-0.15, -0.1) is 0 Å². The molecule has 2 aromatic carbocycles. The third kappa shape index (κ3) is 3.90. The van der Waals surface area contributed by atoms with Crippen molar-refractivity contribution < 1.29 is 22.3 Å². The van der Waals surface area contributed by atoms with Crippen molar-refractivity contribution in [2.75, 3.05) is 18.9 Å². The SMILES string of the molecule is COc1ccc(OC)c(S(=O)(=O)Nc2ccc(SC#N)cc2F)c1. The van der Waals surface area contributed by atoms with Crippen LogP contribution in [0.4, 0.5) is 10.1 Å². The number of benzene rings is 2. The Balaban J connectivity index is 2.40. The number of nitrogens with one attached hydrogen (secondary N) is 1. The van der Waals surface area contributed by atoms with Gasteiger partial charge in [0.1, 0.15) is 27.6 Å². The summed E-state index contributed by atoms with van der Waals surface area (Å²) in [7, 11) is -1.37. The second-order valence-electron chi connectivity index (χ2n) is 4.46. The fraction of sp³-hybridized carbons (Fsp3) is 0.133. The van der Waals surface area contributed by atoms with E-state index in [9.17, 15) is 12.8 Å². The van der Waals surface area contributed by atoms with Gasteiger partial charge in [0.2, 0.25) is 0 Å². The molecule has 0 aromatic heterocycles. The van der Waals surface area contributed by atoms with Gasteiger partial charge in [-0.1, -0.05) is 0 Å². The maximum Gasteiger partial charge on any atom is 0.265 e. The molecule has 0 aliphatic heterocycles. The van der Waals surface area contributed by atoms with Crippen LogP contribution in [0.25, 0.3) is 0 Å². The number of sulfonamides is 1. The number of hydrogen-bond acceptors (Lipinski definition) is 6. The van der Waals surface area contributed by atoms with Crippen LogP contribution < -0.4 is 14.2 Å². The van der Waals surface area contributed by atoms with Gasteiger partial charge < -0.3 is 9.47 Å². The number of hydrogen-bond donors (Lipinski definition) is 1. The zero-order valence-electron chi connectivity index (χ0n) is 12.7. The van der Waals surface area contributed by atoms with Crippen molar-refractivity contribution >= 4 is 27.5 Å². The zero-order valence-corrected chi connectivity index (χ0v) is 14.4. The molecule has 0 radical (unpaired) electrons. The molecule has 0 amide bonds. The van der Waals surface area contributed by atoms with Crippen LogP contribution in [0.2, 0.25) is 0 Å². The molecule has 0 spiro atoms. The van der Waals surface area contributed by atoms with E-state index in [1.807, 2.05) is 5.40 Å². The minimum atomic E-state index is -4.10. The third-order valence-electron chi connectivity index (χ3n) is 3.01. The highest BCUT2D eigenvalue weighted by atomic mass is 32.2. The summed E-state index contributed by atoms with van der Waals surface area (Å²) in [5.41, 5.74) is -0.234. The Labute approximate surface area is 143 Å². The molecule has 0 atom stereocenters. The standard InChI is InChI=1S/C15H13FN2O4S2/c1-21-10-3-6-14(22-2)15(7-10)24(19,20)18-13-5-4-11(23-9-17)8-12(13)16/h3-8,18H,1-2H3. The summed E-state index contributed by atoms with van der Waals surface area (Å²) in [6.45, 7) is 0. The predicted octanol–water partition coefficient (Wildman–Crippen LogP) is 3.22. The summed E-state index contributed by atoms with van der Waals surface area (Å²) in [6, 6.07) is 8.03. The van der Waals surface area contributed by atoms with Crippen molar-refractivity contribution in [2.45, 2.75) is 9.79 Å². The number of ether oxygens (including phenoxy) is 2. The average molecular weight is 368 g/mol. The Morgan fingerprint density at radius 1 is 1.17 bits per heavy atom. The molecule has 1 N–H and O–H groups in total. The van der Waals surface area contributed by atoms with Gasteiger partial charge in [0, 0.05) is 11.0 Å². The molecule has 0 aliphatic carbocycles. The molecule has 0 saturated heterocycles. The molecule has 9 heteroatoms. The van der Waals surface area contributed by atoms with E-state index in [0.717, 1.165) is 17.8 Å². The lowest BCUT2D eigenvalue weighted by Gasteiger charge is -2.13. The molecule has 2 rings (SSSR count). The number of thiocyanates is 1. The minimum absolute atomic E-state index is 0.0976. The minimum Gasteiger partial charge on any atom is -0.497 e. The first kappa shape index (κ1) is 17.9. The summed E-state index contributed by atoms with van der Waals surface area (Å²) >= 11 is 0.775. The van der Waals surface area contributed by atoms with Gasteiger partial charge in [0.05, 0.1) is 19.9 Å². The topological polar surface area (TPSA) is 88.4 Å². The van der Waals surface area contributed by atoms with E-state index >= 15 is 0 Å². The lowest BCUT2D eigenvalue weighted by Crippen LogP contribution is -2.15. The molecular formula is C15H13FN2O4S2. The maximum atomic E-state index is 14.0. The monoisotopic (exact) mass is 368 g/mol. The van der Waals surface area contributed by atoms with Crippen molar-refractivity contribution in [3.63, 3.8) is 0 Å². The lowest BCUT2D eigenvalue weighted by molar-refractivity contribution is 0.392. The Morgan fingerprint density at radius 3 is 2.50 bits per heavy atom. The van der Waals surface area contributed by atoms with Crippen molar-refractivity contribution in [1.29, 1.82) is 5.26 Å². The van der Waals surface area contributed by atoms with E-state index in [1.165, 1.54) is 38.5 Å². The fourth-order valence-corrected chi connectivity index (χ4v) is 3.54. The number of rotatable bonds is 6. The van der Waals surface area contributed by atoms with Crippen LogP contribution >= 0.6 is 11.8 Å². The van der Waals surface area contributed by atoms with Crippen molar-refractivity contribution in [1.82, 2.24) is 0 Å². The second kappa shape index (κ2) is 7.42. The molecule has 6 nitrogen and oxygen atoms in total. The smallest absolute Gasteiger partial charge is 0.265 e. The summed E-state index contributed by atoms with van der Waals surface area (Å²) in [4.78, 5) is 0.191. The molecule has 2 aromatic rings. The largest absolute Gasteiger partial charge is 0.497 e. The normalized spacial score (nSPS) is 10.8. The van der Waals surface area contributed by atoms with E-state index in [4.69, 9.17) is 14.7 Å². The van der Waals surface area contributed by atoms with Crippen LogP contribution in [-0.2, 0) is 10.0 Å². The molecule has 0 saturated carbocycles. The van der Waals surface area contributed by atoms with E-state index in [2.05, 4.69) is 4.72 Å². The highest BCUT2D eigenvalue weighted by molar-refractivity contribution is 8.03. The highest BCUT2D eigenvalue weighted by Gasteiger charge is 2.22. The van der Waals surface area contributed by atoms with Gasteiger partial charge in [0.15, 0.2) is 0 Å². The first-order valence-electron chi connectivity index (χ1n) is 6.51. The molecule has 0 unspecified atom stereocenters. The molecule has 126 valence electrons. The van der Waals surface area contributed by atoms with Gasteiger partial charge in [-0.25, -0.2) is 12.8 Å². The van der Waals surface area contributed by atoms with E-state index in [-0.39, 0.29) is 16.3 Å². The third-order valence-corrected chi connectivity index (χ3v) is 4.98. The van der Waals surface area contributed by atoms with E-state index in [1.54, 1.807) is 6.07 Å². The van der Waals surface area contributed by atoms with Crippen LogP contribution in [0.15, 0.2) is 46.2 Å². The zero-order chi connectivity index (χ0) is 17.7. The highest BCUT2D eigenvalue weighted by Crippen LogP contribution is 2.31. The Hall–Kier alpha value is -2.44. The number of nitrogens with zero attached hydrogens (tertiary/aromatic N) is 1. The van der Waals surface area contributed by atoms with Gasteiger partial charge in [-0.2, -0.15) is 5.26 Å². The first-order chi connectivity index (χ1) is 11.4. The van der Waals surface area contributed by atoms with Gasteiger partial charge >= 0.3 is 0 Å². The van der Waals surface area contributed by atoms with E-state index < -0.39 is 15.8 Å². The van der Waals surface area contributed by atoms with Crippen LogP contribution in [0.1, 0.15) is 0 Å². The van der Waals surface area contributed by atoms with Crippen molar-refractivity contribution in [3.8, 4) is 16.9 Å². The maximum absolute atomic E-state index is 14.0. The molecule has 0 fully saturated rings. The van der Waals surface area contributed by atoms with Crippen molar-refractivity contribution in [2.24, 2.45) is 0 Å². The predicted molar refractivity (Wildman–Crippen MR) is 88.2 cm³/mol. The molecule has 24 heavy (non-hydrogen) atoms. The Bertz CT molecular complexity index is 895. The average Bonchev–Trinajstić information content (AvgIpc) is 2.57.